The van der Waals surface area contributed by atoms with Crippen molar-refractivity contribution in [3.63, 3.8) is 0 Å². The third kappa shape index (κ3) is 9.22. The normalized spacial score (nSPS) is 14.9. The van der Waals surface area contributed by atoms with Crippen molar-refractivity contribution < 1.29 is 14.3 Å². The van der Waals surface area contributed by atoms with E-state index >= 15 is 0 Å². The Morgan fingerprint density at radius 3 is 2.71 bits per heavy atom. The number of ether oxygens (including phenoxy) is 2. The van der Waals surface area contributed by atoms with Crippen molar-refractivity contribution in [3.8, 4) is 5.75 Å². The summed E-state index contributed by atoms with van der Waals surface area (Å²) in [6.07, 6.45) is 3.58. The molecule has 0 bridgehead atoms. The summed E-state index contributed by atoms with van der Waals surface area (Å²) in [7, 11) is 1.67. The van der Waals surface area contributed by atoms with Gasteiger partial charge in [-0.1, -0.05) is 19.1 Å². The van der Waals surface area contributed by atoms with Gasteiger partial charge in [0, 0.05) is 44.8 Å². The predicted molar refractivity (Wildman–Crippen MR) is 136 cm³/mol. The number of aryl methyl sites for hydroxylation is 1. The lowest BCUT2D eigenvalue weighted by Crippen LogP contribution is -2.42. The van der Waals surface area contributed by atoms with Crippen LogP contribution in [-0.4, -0.2) is 62.8 Å². The van der Waals surface area contributed by atoms with E-state index in [2.05, 4.69) is 43.5 Å². The number of hydrogen-bond acceptors (Lipinski definition) is 4. The minimum atomic E-state index is 0. The van der Waals surface area contributed by atoms with E-state index in [1.807, 2.05) is 11.0 Å². The number of rotatable bonds is 12. The molecular formula is C23H39IN4O3. The van der Waals surface area contributed by atoms with Crippen LogP contribution in [0.4, 0.5) is 0 Å². The maximum atomic E-state index is 12.0. The molecule has 1 aliphatic rings. The molecule has 0 aromatic heterocycles. The van der Waals surface area contributed by atoms with Gasteiger partial charge in [0.25, 0.3) is 0 Å². The van der Waals surface area contributed by atoms with Crippen molar-refractivity contribution >= 4 is 35.8 Å². The quantitative estimate of drug-likeness (QED) is 0.182. The van der Waals surface area contributed by atoms with Crippen molar-refractivity contribution in [1.82, 2.24) is 15.5 Å². The van der Waals surface area contributed by atoms with E-state index in [-0.39, 0.29) is 24.0 Å². The molecule has 2 rings (SSSR count). The molecule has 1 atom stereocenters. The van der Waals surface area contributed by atoms with Crippen molar-refractivity contribution in [2.75, 3.05) is 40.0 Å². The second-order valence-corrected chi connectivity index (χ2v) is 7.62. The zero-order valence-electron chi connectivity index (χ0n) is 19.4. The number of halogens is 1. The summed E-state index contributed by atoms with van der Waals surface area (Å²) in [4.78, 5) is 18.8. The molecule has 1 heterocycles. The summed E-state index contributed by atoms with van der Waals surface area (Å²) in [5.74, 6) is 1.93. The first-order valence-electron chi connectivity index (χ1n) is 11.1. The van der Waals surface area contributed by atoms with Gasteiger partial charge in [-0.2, -0.15) is 0 Å². The zero-order chi connectivity index (χ0) is 21.8. The average Bonchev–Trinajstić information content (AvgIpc) is 3.16. The molecule has 1 aromatic rings. The smallest absolute Gasteiger partial charge is 0.222 e. The summed E-state index contributed by atoms with van der Waals surface area (Å²) in [6.45, 7) is 10.3. The first-order chi connectivity index (χ1) is 14.6. The fourth-order valence-corrected chi connectivity index (χ4v) is 3.66. The summed E-state index contributed by atoms with van der Waals surface area (Å²) in [5, 5.41) is 6.72. The SMILES string of the molecule is CCNC(=NCc1ccc(C)cc1OCCOC)NCCC(CC)N1CCCC1=O.I. The van der Waals surface area contributed by atoms with Crippen LogP contribution in [0.25, 0.3) is 0 Å². The van der Waals surface area contributed by atoms with Gasteiger partial charge >= 0.3 is 0 Å². The number of aliphatic imine (C=N–C) groups is 1. The van der Waals surface area contributed by atoms with Gasteiger partial charge in [0.1, 0.15) is 12.4 Å². The molecule has 1 aromatic carbocycles. The number of methoxy groups -OCH3 is 1. The second-order valence-electron chi connectivity index (χ2n) is 7.62. The van der Waals surface area contributed by atoms with Crippen LogP contribution in [0, 0.1) is 6.92 Å². The maximum absolute atomic E-state index is 12.0. The number of carbonyl (C=O) groups is 1. The van der Waals surface area contributed by atoms with Gasteiger partial charge in [0.2, 0.25) is 5.91 Å². The number of guanidine groups is 1. The van der Waals surface area contributed by atoms with Crippen LogP contribution in [0.5, 0.6) is 5.75 Å². The van der Waals surface area contributed by atoms with Crippen molar-refractivity contribution in [3.05, 3.63) is 29.3 Å². The van der Waals surface area contributed by atoms with Crippen LogP contribution in [-0.2, 0) is 16.1 Å². The molecule has 1 saturated heterocycles. The van der Waals surface area contributed by atoms with Crippen LogP contribution in [0.2, 0.25) is 0 Å². The number of likely N-dealkylation sites (tertiary alicyclic amines) is 1. The Balaban J connectivity index is 0.00000480. The zero-order valence-corrected chi connectivity index (χ0v) is 21.7. The minimum Gasteiger partial charge on any atom is -0.491 e. The Hall–Kier alpha value is -1.55. The summed E-state index contributed by atoms with van der Waals surface area (Å²) < 4.78 is 11.0. The highest BCUT2D eigenvalue weighted by Crippen LogP contribution is 2.21. The van der Waals surface area contributed by atoms with Crippen LogP contribution < -0.4 is 15.4 Å². The van der Waals surface area contributed by atoms with E-state index in [0.29, 0.717) is 38.1 Å². The summed E-state index contributed by atoms with van der Waals surface area (Å²) in [5.41, 5.74) is 2.20. The maximum Gasteiger partial charge on any atom is 0.222 e. The van der Waals surface area contributed by atoms with Crippen LogP contribution in [0.15, 0.2) is 23.2 Å². The Labute approximate surface area is 204 Å². The highest BCUT2D eigenvalue weighted by Gasteiger charge is 2.26. The first-order valence-corrected chi connectivity index (χ1v) is 11.1. The van der Waals surface area contributed by atoms with E-state index in [4.69, 9.17) is 14.5 Å². The fraction of sp³-hybridized carbons (Fsp3) is 0.652. The molecule has 176 valence electrons. The molecule has 7 nitrogen and oxygen atoms in total. The predicted octanol–water partition coefficient (Wildman–Crippen LogP) is 3.48. The monoisotopic (exact) mass is 546 g/mol. The molecule has 1 aliphatic heterocycles. The Morgan fingerprint density at radius 1 is 1.26 bits per heavy atom. The molecule has 0 saturated carbocycles. The third-order valence-electron chi connectivity index (χ3n) is 5.31. The lowest BCUT2D eigenvalue weighted by Gasteiger charge is -2.27. The Kier molecular flexibility index (Phi) is 13.6. The van der Waals surface area contributed by atoms with Gasteiger partial charge < -0.3 is 25.0 Å². The lowest BCUT2D eigenvalue weighted by atomic mass is 10.1. The van der Waals surface area contributed by atoms with Crippen LogP contribution in [0.3, 0.4) is 0 Å². The van der Waals surface area contributed by atoms with Crippen molar-refractivity contribution in [2.24, 2.45) is 4.99 Å². The molecule has 0 aliphatic carbocycles. The van der Waals surface area contributed by atoms with E-state index in [1.54, 1.807) is 7.11 Å². The molecular weight excluding hydrogens is 507 g/mol. The minimum absolute atomic E-state index is 0. The first kappa shape index (κ1) is 27.5. The number of benzene rings is 1. The average molecular weight is 546 g/mol. The number of nitrogens with one attached hydrogen (secondary N) is 2. The third-order valence-corrected chi connectivity index (χ3v) is 5.31. The number of nitrogens with zero attached hydrogens (tertiary/aromatic N) is 2. The summed E-state index contributed by atoms with van der Waals surface area (Å²) in [6, 6.07) is 6.48. The van der Waals surface area contributed by atoms with Crippen LogP contribution in [0.1, 0.15) is 50.7 Å². The molecule has 1 fully saturated rings. The second kappa shape index (κ2) is 15.3. The Morgan fingerprint density at radius 2 is 2.06 bits per heavy atom. The number of hydrogen-bond donors (Lipinski definition) is 2. The topological polar surface area (TPSA) is 75.2 Å². The Bertz CT molecular complexity index is 699. The molecule has 1 amide bonds. The molecule has 31 heavy (non-hydrogen) atoms. The number of carbonyl (C=O) groups excluding carboxylic acids is 1. The van der Waals surface area contributed by atoms with E-state index in [1.165, 1.54) is 0 Å². The molecule has 1 unspecified atom stereocenters. The molecule has 8 heteroatoms. The largest absolute Gasteiger partial charge is 0.491 e. The highest BCUT2D eigenvalue weighted by atomic mass is 127. The fourth-order valence-electron chi connectivity index (χ4n) is 3.66. The van der Waals surface area contributed by atoms with Gasteiger partial charge in [-0.05, 0) is 44.7 Å². The standard InChI is InChI=1S/C23H38N4O3.HI/c1-5-20(27-13-7-8-22(27)28)11-12-25-23(24-6-2)26-17-19-10-9-18(3)16-21(19)30-15-14-29-4;/h9-10,16,20H,5-8,11-15,17H2,1-4H3,(H2,24,25,26);1H. The van der Waals surface area contributed by atoms with Gasteiger partial charge in [0.15, 0.2) is 5.96 Å². The summed E-state index contributed by atoms with van der Waals surface area (Å²) >= 11 is 0. The highest BCUT2D eigenvalue weighted by molar-refractivity contribution is 14.0. The van der Waals surface area contributed by atoms with E-state index in [0.717, 1.165) is 61.7 Å². The molecule has 0 spiro atoms. The molecule has 0 radical (unpaired) electrons. The van der Waals surface area contributed by atoms with Gasteiger partial charge in [-0.25, -0.2) is 4.99 Å². The van der Waals surface area contributed by atoms with Crippen molar-refractivity contribution in [1.29, 1.82) is 0 Å². The van der Waals surface area contributed by atoms with Gasteiger partial charge in [0.05, 0.1) is 13.2 Å². The van der Waals surface area contributed by atoms with Crippen molar-refractivity contribution in [2.45, 2.75) is 59.0 Å². The van der Waals surface area contributed by atoms with Crippen LogP contribution >= 0.6 is 24.0 Å². The lowest BCUT2D eigenvalue weighted by molar-refractivity contribution is -0.129. The van der Waals surface area contributed by atoms with E-state index < -0.39 is 0 Å². The van der Waals surface area contributed by atoms with Gasteiger partial charge in [-0.3, -0.25) is 4.79 Å². The molecule has 2 N–H and O–H groups in total. The number of amides is 1. The van der Waals surface area contributed by atoms with E-state index in [9.17, 15) is 4.79 Å². The van der Waals surface area contributed by atoms with Gasteiger partial charge in [-0.15, -0.1) is 24.0 Å².